The van der Waals surface area contributed by atoms with Crippen molar-refractivity contribution < 1.29 is 8.42 Å². The minimum Gasteiger partial charge on any atom is -0.382 e. The molecule has 0 atom stereocenters. The molecule has 0 bridgehead atoms. The average Bonchev–Trinajstić information content (AvgIpc) is 3.40. The Hall–Kier alpha value is -3.24. The Morgan fingerprint density at radius 1 is 1.25 bits per heavy atom. The molecule has 5 rings (SSSR count). The van der Waals surface area contributed by atoms with Crippen LogP contribution in [0.4, 0.5) is 5.82 Å². The zero-order valence-corrected chi connectivity index (χ0v) is 18.3. The summed E-state index contributed by atoms with van der Waals surface area (Å²) in [7, 11) is -3.61. The third-order valence-electron chi connectivity index (χ3n) is 6.34. The van der Waals surface area contributed by atoms with Gasteiger partial charge in [-0.25, -0.2) is 23.1 Å². The maximum absolute atomic E-state index is 11.5. The van der Waals surface area contributed by atoms with Crippen LogP contribution in [0.25, 0.3) is 27.8 Å². The van der Waals surface area contributed by atoms with Crippen LogP contribution in [0.2, 0.25) is 0 Å². The predicted molar refractivity (Wildman–Crippen MR) is 125 cm³/mol. The second-order valence-corrected chi connectivity index (χ2v) is 9.96. The Bertz CT molecular complexity index is 1370. The van der Waals surface area contributed by atoms with E-state index in [0.29, 0.717) is 17.9 Å². The van der Waals surface area contributed by atoms with Crippen LogP contribution in [0.15, 0.2) is 42.7 Å². The third kappa shape index (κ3) is 3.76. The Labute approximate surface area is 185 Å². The van der Waals surface area contributed by atoms with E-state index in [0.717, 1.165) is 59.3 Å². The highest BCUT2D eigenvalue weighted by Gasteiger charge is 2.28. The second-order valence-electron chi connectivity index (χ2n) is 8.35. The Balaban J connectivity index is 1.44. The molecule has 1 aliphatic rings. The van der Waals surface area contributed by atoms with Gasteiger partial charge in [0.2, 0.25) is 10.0 Å². The Kier molecular flexibility index (Phi) is 5.18. The number of hydrogen-bond donors (Lipinski definition) is 4. The van der Waals surface area contributed by atoms with Gasteiger partial charge in [0, 0.05) is 35.8 Å². The van der Waals surface area contributed by atoms with Gasteiger partial charge < -0.3 is 10.7 Å². The van der Waals surface area contributed by atoms with E-state index in [1.165, 1.54) is 0 Å². The number of benzene rings is 1. The highest BCUT2D eigenvalue weighted by Crippen LogP contribution is 2.38. The summed E-state index contributed by atoms with van der Waals surface area (Å²) in [6.45, 7) is 0.365. The summed E-state index contributed by atoms with van der Waals surface area (Å²) in [5, 5.41) is 8.08. The van der Waals surface area contributed by atoms with Gasteiger partial charge in [-0.1, -0.05) is 18.2 Å². The van der Waals surface area contributed by atoms with Crippen molar-refractivity contribution in [1.82, 2.24) is 24.1 Å². The lowest BCUT2D eigenvalue weighted by Crippen LogP contribution is -2.31. The highest BCUT2D eigenvalue weighted by molar-refractivity contribution is 8.02. The van der Waals surface area contributed by atoms with Crippen LogP contribution >= 0.6 is 0 Å². The van der Waals surface area contributed by atoms with Crippen LogP contribution in [-0.2, 0) is 10.0 Å². The lowest BCUT2D eigenvalue weighted by molar-refractivity contribution is 0.319. The first-order valence-corrected chi connectivity index (χ1v) is 12.2. The van der Waals surface area contributed by atoms with E-state index in [1.807, 2.05) is 28.8 Å². The van der Waals surface area contributed by atoms with Gasteiger partial charge in [-0.3, -0.25) is 9.81 Å². The summed E-state index contributed by atoms with van der Waals surface area (Å²) < 4.78 is 27.6. The zero-order chi connectivity index (χ0) is 22.3. The van der Waals surface area contributed by atoms with Crippen molar-refractivity contribution in [3.63, 3.8) is 0 Å². The Morgan fingerprint density at radius 2 is 2.03 bits per heavy atom. The molecule has 4 aromatic rings. The van der Waals surface area contributed by atoms with Crippen LogP contribution in [-0.4, -0.2) is 39.9 Å². The van der Waals surface area contributed by atoms with Gasteiger partial charge in [0.15, 0.2) is 0 Å². The SMILES string of the molecule is N=CS(=O)(=O)NCC1CCC(c2nc(-c3cc4ccccc4[nH]3)c3c(N)nccn23)CC1. The number of nitrogens with one attached hydrogen (secondary N) is 3. The first-order chi connectivity index (χ1) is 15.4. The maximum Gasteiger partial charge on any atom is 0.250 e. The number of nitrogens with zero attached hydrogens (tertiary/aromatic N) is 3. The summed E-state index contributed by atoms with van der Waals surface area (Å²) in [6, 6.07) is 10.2. The number of imidazole rings is 1. The molecule has 32 heavy (non-hydrogen) atoms. The molecule has 1 aromatic carbocycles. The number of fused-ring (bicyclic) bond motifs is 2. The predicted octanol–water partition coefficient (Wildman–Crippen LogP) is 3.26. The van der Waals surface area contributed by atoms with Gasteiger partial charge >= 0.3 is 0 Å². The number of sulfonamides is 1. The van der Waals surface area contributed by atoms with Crippen molar-refractivity contribution in [3.8, 4) is 11.4 Å². The number of rotatable bonds is 6. The smallest absolute Gasteiger partial charge is 0.250 e. The van der Waals surface area contributed by atoms with E-state index in [1.54, 1.807) is 6.20 Å². The topological polar surface area (TPSA) is 142 Å². The number of nitrogens with two attached hydrogens (primary N) is 1. The number of aromatic amines is 1. The molecule has 1 fully saturated rings. The quantitative estimate of drug-likeness (QED) is 0.263. The fourth-order valence-corrected chi connectivity index (χ4v) is 5.22. The van der Waals surface area contributed by atoms with Gasteiger partial charge in [-0.05, 0) is 43.7 Å². The van der Waals surface area contributed by atoms with Gasteiger partial charge in [0.05, 0.1) is 5.69 Å². The van der Waals surface area contributed by atoms with E-state index < -0.39 is 10.0 Å². The maximum atomic E-state index is 11.5. The lowest BCUT2D eigenvalue weighted by Gasteiger charge is -2.27. The Morgan fingerprint density at radius 3 is 2.78 bits per heavy atom. The van der Waals surface area contributed by atoms with Crippen LogP contribution in [0.3, 0.4) is 0 Å². The summed E-state index contributed by atoms with van der Waals surface area (Å²) in [5.41, 5.74) is 10.3. The van der Waals surface area contributed by atoms with E-state index in [4.69, 9.17) is 16.1 Å². The fourth-order valence-electron chi connectivity index (χ4n) is 4.66. The minimum absolute atomic E-state index is 0.248. The molecule has 0 aliphatic heterocycles. The van der Waals surface area contributed by atoms with Gasteiger partial charge in [-0.2, -0.15) is 0 Å². The molecule has 0 unspecified atom stereocenters. The number of H-pyrrole nitrogens is 1. The van der Waals surface area contributed by atoms with Crippen molar-refractivity contribution in [3.05, 3.63) is 48.5 Å². The first-order valence-electron chi connectivity index (χ1n) is 10.7. The molecule has 3 heterocycles. The van der Waals surface area contributed by atoms with Crippen LogP contribution in [0, 0.1) is 11.3 Å². The number of nitrogen functional groups attached to an aromatic ring is 1. The second kappa shape index (κ2) is 8.03. The van der Waals surface area contributed by atoms with E-state index >= 15 is 0 Å². The number of para-hydroxylation sites is 1. The van der Waals surface area contributed by atoms with Crippen molar-refractivity contribution in [1.29, 1.82) is 5.41 Å². The molecule has 0 spiro atoms. The number of hydrogen-bond acceptors (Lipinski definition) is 6. The van der Waals surface area contributed by atoms with E-state index in [9.17, 15) is 8.42 Å². The first kappa shape index (κ1) is 20.7. The molecular formula is C22H25N7O2S. The van der Waals surface area contributed by atoms with Crippen molar-refractivity contribution >= 4 is 37.8 Å². The largest absolute Gasteiger partial charge is 0.382 e. The van der Waals surface area contributed by atoms with Crippen molar-refractivity contribution in [2.45, 2.75) is 31.6 Å². The fraction of sp³-hybridized carbons (Fsp3) is 0.318. The minimum atomic E-state index is -3.61. The van der Waals surface area contributed by atoms with Gasteiger partial charge in [-0.15, -0.1) is 0 Å². The molecule has 0 saturated heterocycles. The normalized spacial score (nSPS) is 19.5. The molecule has 0 amide bonds. The average molecular weight is 452 g/mol. The molecule has 5 N–H and O–H groups in total. The number of anilines is 1. The zero-order valence-electron chi connectivity index (χ0n) is 17.5. The standard InChI is InChI=1S/C22H25N7O2S/c23-13-32(30,31)26-12-14-5-7-15(8-6-14)22-28-19(20-21(24)25-9-10-29(20)22)18-11-16-3-1-2-4-17(16)27-18/h1-4,9-11,13-15,23,26-27H,5-8,12H2,(H2,24,25). The van der Waals surface area contributed by atoms with Gasteiger partial charge in [0.25, 0.3) is 0 Å². The molecule has 1 saturated carbocycles. The summed E-state index contributed by atoms with van der Waals surface area (Å²) in [6.07, 6.45) is 7.20. The third-order valence-corrected chi connectivity index (χ3v) is 7.22. The molecule has 0 radical (unpaired) electrons. The highest BCUT2D eigenvalue weighted by atomic mass is 32.2. The summed E-state index contributed by atoms with van der Waals surface area (Å²) >= 11 is 0. The van der Waals surface area contributed by atoms with Crippen LogP contribution < -0.4 is 10.5 Å². The molecule has 3 aromatic heterocycles. The monoisotopic (exact) mass is 451 g/mol. The number of aromatic nitrogens is 4. The van der Waals surface area contributed by atoms with Crippen molar-refractivity contribution in [2.24, 2.45) is 5.92 Å². The molecular weight excluding hydrogens is 426 g/mol. The molecule has 9 nitrogen and oxygen atoms in total. The van der Waals surface area contributed by atoms with Crippen molar-refractivity contribution in [2.75, 3.05) is 12.3 Å². The van der Waals surface area contributed by atoms with Gasteiger partial charge in [0.1, 0.15) is 28.4 Å². The summed E-state index contributed by atoms with van der Waals surface area (Å²) in [5.74, 6) is 1.90. The summed E-state index contributed by atoms with van der Waals surface area (Å²) in [4.78, 5) is 12.8. The van der Waals surface area contributed by atoms with E-state index in [-0.39, 0.29) is 11.8 Å². The van der Waals surface area contributed by atoms with E-state index in [2.05, 4.69) is 26.8 Å². The molecule has 10 heteroatoms. The molecule has 166 valence electrons. The van der Waals surface area contributed by atoms with Crippen LogP contribution in [0.5, 0.6) is 0 Å². The molecule has 1 aliphatic carbocycles. The lowest BCUT2D eigenvalue weighted by atomic mass is 9.81. The van der Waals surface area contributed by atoms with Crippen LogP contribution in [0.1, 0.15) is 37.4 Å².